The molecule has 3 rings (SSSR count). The fourth-order valence-corrected chi connectivity index (χ4v) is 3.10. The molecule has 0 spiro atoms. The van der Waals surface area contributed by atoms with Crippen molar-refractivity contribution in [2.75, 3.05) is 29.9 Å². The van der Waals surface area contributed by atoms with Crippen LogP contribution >= 0.6 is 0 Å². The lowest BCUT2D eigenvalue weighted by Crippen LogP contribution is -2.25. The van der Waals surface area contributed by atoms with Gasteiger partial charge in [-0.3, -0.25) is 4.79 Å². The Balaban J connectivity index is 1.68. The van der Waals surface area contributed by atoms with Gasteiger partial charge in [0.1, 0.15) is 17.3 Å². The number of hydrogen-bond donors (Lipinski definition) is 2. The van der Waals surface area contributed by atoms with E-state index in [1.54, 1.807) is 13.0 Å². The molecule has 6 heteroatoms. The Morgan fingerprint density at radius 3 is 2.58 bits per heavy atom. The van der Waals surface area contributed by atoms with Gasteiger partial charge >= 0.3 is 0 Å². The molecule has 2 N–H and O–H groups in total. The summed E-state index contributed by atoms with van der Waals surface area (Å²) >= 11 is 0. The van der Waals surface area contributed by atoms with E-state index in [4.69, 9.17) is 0 Å². The quantitative estimate of drug-likeness (QED) is 0.744. The molecule has 2 heterocycles. The van der Waals surface area contributed by atoms with Crippen molar-refractivity contribution < 1.29 is 4.79 Å². The number of nitrogens with one attached hydrogen (secondary N) is 2. The largest absolute Gasteiger partial charge is 0.372 e. The third-order valence-corrected chi connectivity index (χ3v) is 4.50. The molecule has 1 aromatic heterocycles. The summed E-state index contributed by atoms with van der Waals surface area (Å²) in [7, 11) is 0. The fraction of sp³-hybridized carbons (Fsp3) is 0.450. The predicted octanol–water partition coefficient (Wildman–Crippen LogP) is 3.66. The number of aryl methyl sites for hydroxylation is 1. The first-order valence-corrected chi connectivity index (χ1v) is 9.41. The Morgan fingerprint density at radius 1 is 1.15 bits per heavy atom. The van der Waals surface area contributed by atoms with Gasteiger partial charge in [0.05, 0.1) is 0 Å². The average Bonchev–Trinajstić information content (AvgIpc) is 3.16. The smallest absolute Gasteiger partial charge is 0.270 e. The zero-order valence-corrected chi connectivity index (χ0v) is 15.6. The minimum atomic E-state index is -0.156. The van der Waals surface area contributed by atoms with Gasteiger partial charge in [0.15, 0.2) is 0 Å². The zero-order chi connectivity index (χ0) is 18.4. The van der Waals surface area contributed by atoms with Gasteiger partial charge in [0, 0.05) is 37.1 Å². The third-order valence-electron chi connectivity index (χ3n) is 4.50. The maximum absolute atomic E-state index is 12.2. The van der Waals surface area contributed by atoms with Crippen molar-refractivity contribution in [1.29, 1.82) is 0 Å². The van der Waals surface area contributed by atoms with E-state index >= 15 is 0 Å². The summed E-state index contributed by atoms with van der Waals surface area (Å²) < 4.78 is 0. The van der Waals surface area contributed by atoms with Crippen LogP contribution < -0.4 is 15.5 Å². The Morgan fingerprint density at radius 2 is 1.88 bits per heavy atom. The molecule has 0 saturated carbocycles. The van der Waals surface area contributed by atoms with Crippen molar-refractivity contribution in [3.05, 3.63) is 41.9 Å². The van der Waals surface area contributed by atoms with Crippen LogP contribution in [-0.2, 0) is 0 Å². The first-order chi connectivity index (χ1) is 12.7. The van der Waals surface area contributed by atoms with Crippen LogP contribution in [0.3, 0.4) is 0 Å². The molecule has 1 fully saturated rings. The molecule has 1 amide bonds. The van der Waals surface area contributed by atoms with Gasteiger partial charge in [-0.2, -0.15) is 0 Å². The fourth-order valence-electron chi connectivity index (χ4n) is 3.10. The van der Waals surface area contributed by atoms with E-state index in [9.17, 15) is 4.79 Å². The molecule has 0 aliphatic carbocycles. The number of anilines is 3. The first kappa shape index (κ1) is 18.2. The molecular weight excluding hydrogens is 326 g/mol. The van der Waals surface area contributed by atoms with Crippen LogP contribution in [-0.4, -0.2) is 35.5 Å². The van der Waals surface area contributed by atoms with Crippen molar-refractivity contribution >= 4 is 23.1 Å². The first-order valence-electron chi connectivity index (χ1n) is 9.41. The third kappa shape index (κ3) is 4.71. The summed E-state index contributed by atoms with van der Waals surface area (Å²) in [5.41, 5.74) is 2.59. The number of aromatic nitrogens is 2. The molecule has 0 unspecified atom stereocenters. The van der Waals surface area contributed by atoms with Crippen LogP contribution in [0.4, 0.5) is 17.2 Å². The zero-order valence-electron chi connectivity index (χ0n) is 15.6. The van der Waals surface area contributed by atoms with E-state index in [0.717, 1.165) is 31.6 Å². The topological polar surface area (TPSA) is 70.2 Å². The lowest BCUT2D eigenvalue weighted by Gasteiger charge is -2.18. The van der Waals surface area contributed by atoms with Gasteiger partial charge in [0.25, 0.3) is 5.91 Å². The molecule has 0 atom stereocenters. The molecule has 1 aromatic carbocycles. The summed E-state index contributed by atoms with van der Waals surface area (Å²) in [5, 5.41) is 6.17. The highest BCUT2D eigenvalue weighted by atomic mass is 16.1. The maximum atomic E-state index is 12.2. The van der Waals surface area contributed by atoms with Crippen LogP contribution in [0.2, 0.25) is 0 Å². The van der Waals surface area contributed by atoms with E-state index in [0.29, 0.717) is 23.9 Å². The number of nitrogens with zero attached hydrogens (tertiary/aromatic N) is 3. The second-order valence-corrected chi connectivity index (χ2v) is 6.66. The lowest BCUT2D eigenvalue weighted by atomic mass is 10.2. The van der Waals surface area contributed by atoms with Crippen LogP contribution in [0, 0.1) is 6.92 Å². The van der Waals surface area contributed by atoms with Crippen molar-refractivity contribution in [2.45, 2.75) is 39.5 Å². The average molecular weight is 353 g/mol. The molecule has 26 heavy (non-hydrogen) atoms. The molecule has 6 nitrogen and oxygen atoms in total. The number of carbonyl (C=O) groups is 1. The van der Waals surface area contributed by atoms with Crippen LogP contribution in [0.15, 0.2) is 30.3 Å². The van der Waals surface area contributed by atoms with Crippen molar-refractivity contribution in [3.63, 3.8) is 0 Å². The maximum Gasteiger partial charge on any atom is 0.270 e. The lowest BCUT2D eigenvalue weighted by molar-refractivity contribution is 0.0948. The molecular formula is C20H27N5O. The summed E-state index contributed by atoms with van der Waals surface area (Å²) in [6, 6.07) is 10.0. The van der Waals surface area contributed by atoms with Crippen molar-refractivity contribution in [1.82, 2.24) is 15.3 Å². The van der Waals surface area contributed by atoms with E-state index in [2.05, 4.69) is 44.6 Å². The molecule has 0 bridgehead atoms. The summed E-state index contributed by atoms with van der Waals surface area (Å²) in [4.78, 5) is 23.3. The highest BCUT2D eigenvalue weighted by molar-refractivity contribution is 5.93. The Bertz CT molecular complexity index is 738. The van der Waals surface area contributed by atoms with Crippen LogP contribution in [0.25, 0.3) is 0 Å². The van der Waals surface area contributed by atoms with Gasteiger partial charge in [0.2, 0.25) is 0 Å². The van der Waals surface area contributed by atoms with Gasteiger partial charge < -0.3 is 15.5 Å². The molecule has 138 valence electrons. The van der Waals surface area contributed by atoms with Crippen molar-refractivity contribution in [2.24, 2.45) is 0 Å². The Hall–Kier alpha value is -2.63. The second kappa shape index (κ2) is 8.65. The standard InChI is InChI=1S/C20H27N5O/c1-3-4-11-21-20(26)18-14-19(23-15(2)22-18)24-16-7-9-17(10-8-16)25-12-5-6-13-25/h7-10,14H,3-6,11-13H2,1-2H3,(H,21,26)(H,22,23,24). The number of carbonyl (C=O) groups excluding carboxylic acids is 1. The molecule has 0 radical (unpaired) electrons. The van der Waals surface area contributed by atoms with Gasteiger partial charge in [-0.25, -0.2) is 9.97 Å². The monoisotopic (exact) mass is 353 g/mol. The van der Waals surface area contributed by atoms with Crippen LogP contribution in [0.5, 0.6) is 0 Å². The number of hydrogen-bond acceptors (Lipinski definition) is 5. The van der Waals surface area contributed by atoms with Crippen molar-refractivity contribution in [3.8, 4) is 0 Å². The number of benzene rings is 1. The van der Waals surface area contributed by atoms with Gasteiger partial charge in [-0.05, 0) is 50.5 Å². The minimum Gasteiger partial charge on any atom is -0.372 e. The van der Waals surface area contributed by atoms with Gasteiger partial charge in [-0.15, -0.1) is 0 Å². The van der Waals surface area contributed by atoms with Gasteiger partial charge in [-0.1, -0.05) is 13.3 Å². The van der Waals surface area contributed by atoms with E-state index in [-0.39, 0.29) is 5.91 Å². The van der Waals surface area contributed by atoms with Crippen LogP contribution in [0.1, 0.15) is 48.9 Å². The number of rotatable bonds is 7. The summed E-state index contributed by atoms with van der Waals surface area (Å²) in [5.74, 6) is 1.05. The van der Waals surface area contributed by atoms with E-state index < -0.39 is 0 Å². The van der Waals surface area contributed by atoms with E-state index in [1.165, 1.54) is 18.5 Å². The molecule has 1 saturated heterocycles. The number of unbranched alkanes of at least 4 members (excludes halogenated alkanes) is 1. The Labute approximate surface area is 155 Å². The highest BCUT2D eigenvalue weighted by Gasteiger charge is 2.13. The summed E-state index contributed by atoms with van der Waals surface area (Å²) in [6.45, 7) is 6.82. The highest BCUT2D eigenvalue weighted by Crippen LogP contribution is 2.23. The SMILES string of the molecule is CCCCNC(=O)c1cc(Nc2ccc(N3CCCC3)cc2)nc(C)n1. The number of amides is 1. The Kier molecular flexibility index (Phi) is 6.04. The van der Waals surface area contributed by atoms with E-state index in [1.807, 2.05) is 12.1 Å². The minimum absolute atomic E-state index is 0.156. The summed E-state index contributed by atoms with van der Waals surface area (Å²) in [6.07, 6.45) is 4.54. The molecule has 2 aromatic rings. The molecule has 1 aliphatic heterocycles. The normalized spacial score (nSPS) is 13.7. The molecule has 1 aliphatic rings. The predicted molar refractivity (Wildman–Crippen MR) is 105 cm³/mol. The second-order valence-electron chi connectivity index (χ2n) is 6.66.